The Morgan fingerprint density at radius 1 is 0.508 bits per heavy atom. The first-order valence-electron chi connectivity index (χ1n) is 24.4. The summed E-state index contributed by atoms with van der Waals surface area (Å²) in [7, 11) is -4.44. The van der Waals surface area contributed by atoms with Crippen molar-refractivity contribution in [3.8, 4) is 0 Å². The van der Waals surface area contributed by atoms with Gasteiger partial charge in [-0.25, -0.2) is 4.57 Å². The van der Waals surface area contributed by atoms with Crippen LogP contribution in [0.3, 0.4) is 0 Å². The summed E-state index contributed by atoms with van der Waals surface area (Å²) in [5.74, 6) is -0.576. The maximum Gasteiger partial charge on any atom is 0.472 e. The van der Waals surface area contributed by atoms with Gasteiger partial charge in [0.1, 0.15) is 12.7 Å². The summed E-state index contributed by atoms with van der Waals surface area (Å²) >= 11 is 0. The summed E-state index contributed by atoms with van der Waals surface area (Å²) in [6.45, 7) is 3.34. The number of amides is 1. The van der Waals surface area contributed by atoms with E-state index in [1.807, 2.05) is 0 Å². The predicted molar refractivity (Wildman–Crippen MR) is 265 cm³/mol. The standard InChI is InChI=1S/C53H88NO8P/c1-3-5-7-9-11-13-15-17-19-21-23-25-27-29-31-33-35-37-39-41-43-45-52(56)54-47-48-61-63(58,59)62-50-51(55)49-60-53(57)46-44-42-40-38-36-34-32-30-28-26-24-22-20-18-16-14-12-10-8-6-4-2/h6,8,11-14,17-20,23-26,30,32,36,38,51,55H,3-5,7,9-10,15-16,21-22,27-29,31,33-35,37,39-50H2,1-2H3,(H,54,56)(H,58,59)/b8-6-,13-11-,14-12-,19-17-,20-18-,25-23-,26-24-,32-30-,38-36-. The number of phosphoric acid groups is 1. The molecule has 0 rings (SSSR count). The maximum atomic E-state index is 12.1. The number of hydrogen-bond acceptors (Lipinski definition) is 7. The van der Waals surface area contributed by atoms with Crippen molar-refractivity contribution in [1.82, 2.24) is 5.32 Å². The van der Waals surface area contributed by atoms with E-state index in [1.54, 1.807) is 0 Å². The molecule has 358 valence electrons. The van der Waals surface area contributed by atoms with Gasteiger partial charge in [-0.15, -0.1) is 0 Å². The van der Waals surface area contributed by atoms with Crippen LogP contribution in [-0.4, -0.2) is 54.3 Å². The number of aliphatic hydroxyl groups is 1. The third-order valence-corrected chi connectivity index (χ3v) is 10.7. The molecule has 0 bridgehead atoms. The monoisotopic (exact) mass is 898 g/mol. The molecule has 0 aromatic rings. The SMILES string of the molecule is CC/C=C\C/C=C\C/C=C\C/C=C\C/C=C\C/C=C\CCCCC(=O)OCC(O)COP(=O)(O)OCCNC(=O)CCCCCCCCCC/C=C\C/C=C\C/C=C\CCCCC. The minimum Gasteiger partial charge on any atom is -0.463 e. The molecule has 0 aromatic carbocycles. The van der Waals surface area contributed by atoms with Crippen molar-refractivity contribution in [2.75, 3.05) is 26.4 Å². The quantitative estimate of drug-likeness (QED) is 0.0238. The van der Waals surface area contributed by atoms with Crippen LogP contribution in [-0.2, 0) is 27.9 Å². The molecule has 0 fully saturated rings. The number of hydrogen-bond donors (Lipinski definition) is 3. The van der Waals surface area contributed by atoms with Gasteiger partial charge in [-0.2, -0.15) is 0 Å². The highest BCUT2D eigenvalue weighted by atomic mass is 31.2. The van der Waals surface area contributed by atoms with Crippen molar-refractivity contribution in [3.63, 3.8) is 0 Å². The normalized spacial score (nSPS) is 14.2. The van der Waals surface area contributed by atoms with Gasteiger partial charge in [0, 0.05) is 19.4 Å². The van der Waals surface area contributed by atoms with Gasteiger partial charge in [0.25, 0.3) is 0 Å². The fourth-order valence-electron chi connectivity index (χ4n) is 6.04. The Bertz CT molecular complexity index is 1390. The van der Waals surface area contributed by atoms with Crippen LogP contribution >= 0.6 is 7.82 Å². The topological polar surface area (TPSA) is 131 Å². The van der Waals surface area contributed by atoms with Crippen molar-refractivity contribution >= 4 is 19.7 Å². The van der Waals surface area contributed by atoms with E-state index in [1.165, 1.54) is 57.8 Å². The zero-order valence-corrected chi connectivity index (χ0v) is 40.4. The highest BCUT2D eigenvalue weighted by molar-refractivity contribution is 7.47. The number of esters is 1. The predicted octanol–water partition coefficient (Wildman–Crippen LogP) is 14.3. The van der Waals surface area contributed by atoms with Crippen molar-refractivity contribution < 1.29 is 37.9 Å². The Hall–Kier alpha value is -3.33. The first kappa shape index (κ1) is 59.7. The minimum absolute atomic E-state index is 0.0652. The van der Waals surface area contributed by atoms with E-state index in [0.717, 1.165) is 89.9 Å². The third kappa shape index (κ3) is 49.5. The fraction of sp³-hybridized carbons (Fsp3) is 0.623. The van der Waals surface area contributed by atoms with Gasteiger partial charge in [0.05, 0.1) is 13.2 Å². The van der Waals surface area contributed by atoms with E-state index in [2.05, 4.69) is 129 Å². The lowest BCUT2D eigenvalue weighted by molar-refractivity contribution is -0.147. The third-order valence-electron chi connectivity index (χ3n) is 9.69. The number of allylic oxidation sites excluding steroid dienone is 18. The van der Waals surface area contributed by atoms with Crippen molar-refractivity contribution in [2.45, 2.75) is 187 Å². The van der Waals surface area contributed by atoms with Gasteiger partial charge >= 0.3 is 13.8 Å². The number of carbonyl (C=O) groups is 2. The van der Waals surface area contributed by atoms with Crippen LogP contribution in [0, 0.1) is 0 Å². The number of nitrogens with one attached hydrogen (secondary N) is 1. The lowest BCUT2D eigenvalue weighted by atomic mass is 10.1. The molecule has 2 unspecified atom stereocenters. The molecule has 0 aliphatic carbocycles. The molecule has 9 nitrogen and oxygen atoms in total. The molecule has 0 saturated heterocycles. The van der Waals surface area contributed by atoms with E-state index in [0.29, 0.717) is 12.8 Å². The number of phosphoric ester groups is 1. The van der Waals surface area contributed by atoms with Crippen LogP contribution in [0.2, 0.25) is 0 Å². The number of ether oxygens (including phenoxy) is 1. The van der Waals surface area contributed by atoms with Crippen LogP contribution in [0.4, 0.5) is 0 Å². The van der Waals surface area contributed by atoms with Gasteiger partial charge < -0.3 is 20.1 Å². The second kappa shape index (κ2) is 48.1. The smallest absolute Gasteiger partial charge is 0.463 e. The second-order valence-corrected chi connectivity index (χ2v) is 17.1. The maximum absolute atomic E-state index is 12.1. The van der Waals surface area contributed by atoms with Gasteiger partial charge in [0.15, 0.2) is 0 Å². The van der Waals surface area contributed by atoms with E-state index in [4.69, 9.17) is 13.8 Å². The summed E-state index contributed by atoms with van der Waals surface area (Å²) in [5.41, 5.74) is 0. The van der Waals surface area contributed by atoms with E-state index in [-0.39, 0.29) is 32.1 Å². The van der Waals surface area contributed by atoms with Crippen LogP contribution < -0.4 is 5.32 Å². The Labute approximate surface area is 384 Å². The number of aliphatic hydroxyl groups excluding tert-OH is 1. The van der Waals surface area contributed by atoms with E-state index >= 15 is 0 Å². The van der Waals surface area contributed by atoms with E-state index < -0.39 is 26.5 Å². The summed E-state index contributed by atoms with van der Waals surface area (Å²) < 4.78 is 26.9. The lowest BCUT2D eigenvalue weighted by Crippen LogP contribution is -2.27. The molecule has 0 radical (unpaired) electrons. The zero-order valence-electron chi connectivity index (χ0n) is 39.5. The Morgan fingerprint density at radius 3 is 1.38 bits per heavy atom. The Kier molecular flexibility index (Phi) is 45.6. The molecule has 0 aromatic heterocycles. The van der Waals surface area contributed by atoms with Gasteiger partial charge in [0.2, 0.25) is 5.91 Å². The Morgan fingerprint density at radius 2 is 0.905 bits per heavy atom. The molecule has 0 aliphatic heterocycles. The average molecular weight is 898 g/mol. The highest BCUT2D eigenvalue weighted by Gasteiger charge is 2.23. The summed E-state index contributed by atoms with van der Waals surface area (Å²) in [6.07, 6.45) is 64.5. The second-order valence-electron chi connectivity index (χ2n) is 15.7. The molecule has 0 aliphatic rings. The van der Waals surface area contributed by atoms with Crippen molar-refractivity contribution in [1.29, 1.82) is 0 Å². The largest absolute Gasteiger partial charge is 0.472 e. The molecule has 63 heavy (non-hydrogen) atoms. The van der Waals surface area contributed by atoms with Crippen molar-refractivity contribution in [3.05, 3.63) is 109 Å². The molecular formula is C53H88NO8P. The van der Waals surface area contributed by atoms with Gasteiger partial charge in [-0.1, -0.05) is 175 Å². The first-order valence-corrected chi connectivity index (χ1v) is 25.9. The summed E-state index contributed by atoms with van der Waals surface area (Å²) in [6, 6.07) is 0. The van der Waals surface area contributed by atoms with Crippen molar-refractivity contribution in [2.24, 2.45) is 0 Å². The molecular weight excluding hydrogens is 810 g/mol. The molecule has 0 saturated carbocycles. The van der Waals surface area contributed by atoms with Crippen LogP contribution in [0.15, 0.2) is 109 Å². The highest BCUT2D eigenvalue weighted by Crippen LogP contribution is 2.42. The van der Waals surface area contributed by atoms with Crippen LogP contribution in [0.1, 0.15) is 181 Å². The number of rotatable bonds is 44. The molecule has 0 heterocycles. The lowest BCUT2D eigenvalue weighted by Gasteiger charge is -2.15. The summed E-state index contributed by atoms with van der Waals surface area (Å²) in [4.78, 5) is 34.0. The molecule has 0 spiro atoms. The first-order chi connectivity index (χ1) is 30.8. The zero-order chi connectivity index (χ0) is 46.0. The molecule has 10 heteroatoms. The molecule has 1 amide bonds. The van der Waals surface area contributed by atoms with Crippen LogP contribution in [0.5, 0.6) is 0 Å². The molecule has 3 N–H and O–H groups in total. The molecule has 2 atom stereocenters. The van der Waals surface area contributed by atoms with Gasteiger partial charge in [-0.3, -0.25) is 18.6 Å². The van der Waals surface area contributed by atoms with Crippen LogP contribution in [0.25, 0.3) is 0 Å². The van der Waals surface area contributed by atoms with Gasteiger partial charge in [-0.05, 0) is 103 Å². The fourth-order valence-corrected chi connectivity index (χ4v) is 6.79. The van der Waals surface area contributed by atoms with E-state index in [9.17, 15) is 24.2 Å². The number of unbranched alkanes of at least 4 members (excludes halogenated alkanes) is 13. The minimum atomic E-state index is -4.44. The number of carbonyl (C=O) groups excluding carboxylic acids is 2. The average Bonchev–Trinajstić information content (AvgIpc) is 3.27. The summed E-state index contributed by atoms with van der Waals surface area (Å²) in [5, 5.41) is 12.7. The Balaban J connectivity index is 3.69.